The van der Waals surface area contributed by atoms with Crippen molar-refractivity contribution in [2.24, 2.45) is 0 Å². The Labute approximate surface area is 115 Å². The second-order valence-corrected chi connectivity index (χ2v) is 5.84. The Morgan fingerprint density at radius 1 is 1.33 bits per heavy atom. The van der Waals surface area contributed by atoms with Crippen LogP contribution in [0.3, 0.4) is 0 Å². The van der Waals surface area contributed by atoms with Gasteiger partial charge in [0.1, 0.15) is 0 Å². The summed E-state index contributed by atoms with van der Waals surface area (Å²) in [6.07, 6.45) is 0. The highest BCUT2D eigenvalue weighted by molar-refractivity contribution is 8.00. The molecular formula is C14H14O2S2. The van der Waals surface area contributed by atoms with Crippen molar-refractivity contribution in [3.05, 3.63) is 52.9 Å². The van der Waals surface area contributed by atoms with Crippen LogP contribution in [0.5, 0.6) is 0 Å². The summed E-state index contributed by atoms with van der Waals surface area (Å²) >= 11 is 3.33. The largest absolute Gasteiger partial charge is 0.462 e. The van der Waals surface area contributed by atoms with Crippen molar-refractivity contribution in [1.29, 1.82) is 0 Å². The lowest BCUT2D eigenvalue weighted by atomic mass is 10.2. The standard InChI is InChI=1S/C14H14O2S2/c1-2-16-14(15)12-8-13(18-10-12)17-9-11-6-4-3-5-7-11/h3-8,10H,2,9H2,1H3. The van der Waals surface area contributed by atoms with Crippen LogP contribution >= 0.6 is 23.1 Å². The van der Waals surface area contributed by atoms with Crippen molar-refractivity contribution in [2.45, 2.75) is 16.9 Å². The number of carbonyl (C=O) groups is 1. The van der Waals surface area contributed by atoms with E-state index < -0.39 is 0 Å². The van der Waals surface area contributed by atoms with Gasteiger partial charge in [0.15, 0.2) is 0 Å². The molecule has 0 radical (unpaired) electrons. The van der Waals surface area contributed by atoms with Gasteiger partial charge in [-0.25, -0.2) is 4.79 Å². The van der Waals surface area contributed by atoms with Gasteiger partial charge in [-0.2, -0.15) is 0 Å². The highest BCUT2D eigenvalue weighted by Crippen LogP contribution is 2.29. The zero-order valence-electron chi connectivity index (χ0n) is 10.1. The molecule has 0 aliphatic rings. The first kappa shape index (κ1) is 13.2. The summed E-state index contributed by atoms with van der Waals surface area (Å²) in [7, 11) is 0. The topological polar surface area (TPSA) is 26.3 Å². The summed E-state index contributed by atoms with van der Waals surface area (Å²) in [5, 5.41) is 1.85. The molecule has 94 valence electrons. The molecule has 0 aliphatic heterocycles. The predicted octanol–water partition coefficient (Wildman–Crippen LogP) is 4.22. The second kappa shape index (κ2) is 6.61. The van der Waals surface area contributed by atoms with Crippen LogP contribution in [0.1, 0.15) is 22.8 Å². The Kier molecular flexibility index (Phi) is 4.84. The van der Waals surface area contributed by atoms with Crippen LogP contribution in [-0.4, -0.2) is 12.6 Å². The van der Waals surface area contributed by atoms with E-state index in [4.69, 9.17) is 4.74 Å². The van der Waals surface area contributed by atoms with E-state index in [0.29, 0.717) is 12.2 Å². The van der Waals surface area contributed by atoms with E-state index in [9.17, 15) is 4.79 Å². The first-order valence-electron chi connectivity index (χ1n) is 5.72. The predicted molar refractivity (Wildman–Crippen MR) is 76.3 cm³/mol. The number of rotatable bonds is 5. The molecule has 0 bridgehead atoms. The molecule has 0 fully saturated rings. The molecule has 0 saturated carbocycles. The molecule has 2 rings (SSSR count). The fourth-order valence-electron chi connectivity index (χ4n) is 1.44. The molecule has 2 nitrogen and oxygen atoms in total. The number of ether oxygens (including phenoxy) is 1. The summed E-state index contributed by atoms with van der Waals surface area (Å²) in [5.41, 5.74) is 1.94. The monoisotopic (exact) mass is 278 g/mol. The Balaban J connectivity index is 1.93. The van der Waals surface area contributed by atoms with Gasteiger partial charge in [0.25, 0.3) is 0 Å². The Morgan fingerprint density at radius 2 is 2.11 bits per heavy atom. The van der Waals surface area contributed by atoms with E-state index in [1.807, 2.05) is 36.6 Å². The summed E-state index contributed by atoms with van der Waals surface area (Å²) in [6.45, 7) is 2.23. The van der Waals surface area contributed by atoms with Gasteiger partial charge in [-0.05, 0) is 18.6 Å². The van der Waals surface area contributed by atoms with Gasteiger partial charge in [0, 0.05) is 11.1 Å². The molecule has 0 aliphatic carbocycles. The van der Waals surface area contributed by atoms with Gasteiger partial charge in [0.2, 0.25) is 0 Å². The molecule has 4 heteroatoms. The maximum absolute atomic E-state index is 11.5. The average molecular weight is 278 g/mol. The highest BCUT2D eigenvalue weighted by atomic mass is 32.2. The fourth-order valence-corrected chi connectivity index (χ4v) is 3.35. The first-order valence-corrected chi connectivity index (χ1v) is 7.58. The molecule has 2 aromatic rings. The van der Waals surface area contributed by atoms with Crippen LogP contribution in [0, 0.1) is 0 Å². The lowest BCUT2D eigenvalue weighted by molar-refractivity contribution is 0.0527. The van der Waals surface area contributed by atoms with Crippen LogP contribution in [0.15, 0.2) is 46.0 Å². The van der Waals surface area contributed by atoms with E-state index in [1.54, 1.807) is 23.1 Å². The third kappa shape index (κ3) is 3.62. The normalized spacial score (nSPS) is 10.3. The molecule has 18 heavy (non-hydrogen) atoms. The zero-order valence-corrected chi connectivity index (χ0v) is 11.7. The Bertz CT molecular complexity index is 506. The molecule has 0 spiro atoms. The number of carbonyl (C=O) groups excluding carboxylic acids is 1. The zero-order chi connectivity index (χ0) is 12.8. The van der Waals surface area contributed by atoms with Gasteiger partial charge in [-0.15, -0.1) is 23.1 Å². The van der Waals surface area contributed by atoms with Crippen LogP contribution in [0.25, 0.3) is 0 Å². The highest BCUT2D eigenvalue weighted by Gasteiger charge is 2.09. The third-order valence-corrected chi connectivity index (χ3v) is 4.55. The van der Waals surface area contributed by atoms with E-state index in [0.717, 1.165) is 9.96 Å². The van der Waals surface area contributed by atoms with Crippen molar-refractivity contribution in [1.82, 2.24) is 0 Å². The number of benzene rings is 1. The minimum absolute atomic E-state index is 0.236. The lowest BCUT2D eigenvalue weighted by Gasteiger charge is -1.99. The van der Waals surface area contributed by atoms with Gasteiger partial charge in [-0.1, -0.05) is 30.3 Å². The van der Waals surface area contributed by atoms with E-state index in [1.165, 1.54) is 5.56 Å². The molecule has 1 aromatic carbocycles. The van der Waals surface area contributed by atoms with E-state index in [-0.39, 0.29) is 5.97 Å². The van der Waals surface area contributed by atoms with Crippen molar-refractivity contribution < 1.29 is 9.53 Å². The Morgan fingerprint density at radius 3 is 2.83 bits per heavy atom. The number of thioether (sulfide) groups is 1. The number of hydrogen-bond donors (Lipinski definition) is 0. The summed E-state index contributed by atoms with van der Waals surface area (Å²) in [4.78, 5) is 11.5. The molecule has 1 aromatic heterocycles. The average Bonchev–Trinajstić information content (AvgIpc) is 2.87. The van der Waals surface area contributed by atoms with Crippen molar-refractivity contribution in [2.75, 3.05) is 6.61 Å². The molecule has 0 amide bonds. The molecule has 1 heterocycles. The maximum Gasteiger partial charge on any atom is 0.339 e. The van der Waals surface area contributed by atoms with Gasteiger partial charge >= 0.3 is 5.97 Å². The van der Waals surface area contributed by atoms with Gasteiger partial charge < -0.3 is 4.74 Å². The van der Waals surface area contributed by atoms with E-state index >= 15 is 0 Å². The van der Waals surface area contributed by atoms with Crippen LogP contribution in [0.4, 0.5) is 0 Å². The van der Waals surface area contributed by atoms with Crippen molar-refractivity contribution >= 4 is 29.1 Å². The van der Waals surface area contributed by atoms with Crippen LogP contribution in [0.2, 0.25) is 0 Å². The molecule has 0 N–H and O–H groups in total. The van der Waals surface area contributed by atoms with Gasteiger partial charge in [-0.3, -0.25) is 0 Å². The molecule has 0 unspecified atom stereocenters. The van der Waals surface area contributed by atoms with Crippen LogP contribution in [-0.2, 0) is 10.5 Å². The number of esters is 1. The molecule has 0 atom stereocenters. The summed E-state index contributed by atoms with van der Waals surface area (Å²) in [5.74, 6) is 0.684. The summed E-state index contributed by atoms with van der Waals surface area (Å²) < 4.78 is 6.10. The summed E-state index contributed by atoms with van der Waals surface area (Å²) in [6, 6.07) is 12.2. The van der Waals surface area contributed by atoms with E-state index in [2.05, 4.69) is 12.1 Å². The minimum atomic E-state index is -0.236. The smallest absolute Gasteiger partial charge is 0.339 e. The lowest BCUT2D eigenvalue weighted by Crippen LogP contribution is -2.02. The minimum Gasteiger partial charge on any atom is -0.462 e. The van der Waals surface area contributed by atoms with Crippen LogP contribution < -0.4 is 0 Å². The number of thiophene rings is 1. The third-order valence-electron chi connectivity index (χ3n) is 2.31. The SMILES string of the molecule is CCOC(=O)c1csc(SCc2ccccc2)c1. The first-order chi connectivity index (χ1) is 8.79. The maximum atomic E-state index is 11.5. The second-order valence-electron chi connectivity index (χ2n) is 3.65. The van der Waals surface area contributed by atoms with Crippen molar-refractivity contribution in [3.8, 4) is 0 Å². The van der Waals surface area contributed by atoms with Gasteiger partial charge in [0.05, 0.1) is 16.4 Å². The fraction of sp³-hybridized carbons (Fsp3) is 0.214. The molecule has 0 saturated heterocycles. The number of hydrogen-bond acceptors (Lipinski definition) is 4. The molecular weight excluding hydrogens is 264 g/mol. The quantitative estimate of drug-likeness (QED) is 0.605. The Hall–Kier alpha value is -1.26. The van der Waals surface area contributed by atoms with Crippen molar-refractivity contribution in [3.63, 3.8) is 0 Å².